The Morgan fingerprint density at radius 3 is 2.38 bits per heavy atom. The first-order valence-corrected chi connectivity index (χ1v) is 9.52. The molecule has 1 N–H and O–H groups in total. The lowest BCUT2D eigenvalue weighted by Gasteiger charge is -2.26. The van der Waals surface area contributed by atoms with Gasteiger partial charge in [-0.25, -0.2) is 4.39 Å². The molecule has 3 rings (SSSR count). The molecule has 0 bridgehead atoms. The molecule has 0 heterocycles. The third-order valence-corrected chi connectivity index (χ3v) is 6.49. The number of aryl methyl sites for hydroxylation is 2. The number of rotatable bonds is 6. The quantitative estimate of drug-likeness (QED) is 0.753. The van der Waals surface area contributed by atoms with Crippen molar-refractivity contribution in [1.82, 2.24) is 0 Å². The van der Waals surface area contributed by atoms with Crippen LogP contribution >= 0.6 is 7.60 Å². The Bertz CT molecular complexity index is 755. The summed E-state index contributed by atoms with van der Waals surface area (Å²) in [6.07, 6.45) is 3.32. The molecule has 2 aromatic rings. The van der Waals surface area contributed by atoms with Gasteiger partial charge in [-0.2, -0.15) is 0 Å². The Hall–Kier alpha value is -1.68. The summed E-state index contributed by atoms with van der Waals surface area (Å²) < 4.78 is 36.6. The maximum absolute atomic E-state index is 13.2. The summed E-state index contributed by atoms with van der Waals surface area (Å²) >= 11 is 0. The van der Waals surface area contributed by atoms with Gasteiger partial charge in [0.15, 0.2) is 5.78 Å². The normalized spacial score (nSPS) is 15.1. The summed E-state index contributed by atoms with van der Waals surface area (Å²) in [5.74, 6) is -1.06. The number of nitrogens with one attached hydrogen (secondary N) is 1. The molecule has 0 aromatic heterocycles. The molecule has 0 spiro atoms. The van der Waals surface area contributed by atoms with E-state index in [9.17, 15) is 8.96 Å². The van der Waals surface area contributed by atoms with E-state index < -0.39 is 13.4 Å². The predicted octanol–water partition coefficient (Wildman–Crippen LogP) is 4.91. The molecule has 0 fully saturated rings. The minimum absolute atomic E-state index is 0.348. The number of anilines is 1. The van der Waals surface area contributed by atoms with Crippen LogP contribution in [0.1, 0.15) is 28.9 Å². The molecule has 1 atom stereocenters. The van der Waals surface area contributed by atoms with E-state index in [1.165, 1.54) is 37.5 Å². The van der Waals surface area contributed by atoms with Crippen LogP contribution in [0.25, 0.3) is 0 Å². The molecule has 1 unspecified atom stereocenters. The van der Waals surface area contributed by atoms with Gasteiger partial charge >= 0.3 is 7.60 Å². The van der Waals surface area contributed by atoms with Crippen LogP contribution in [-0.2, 0) is 26.5 Å². The van der Waals surface area contributed by atoms with Crippen molar-refractivity contribution in [2.24, 2.45) is 0 Å². The first-order valence-electron chi connectivity index (χ1n) is 7.91. The highest BCUT2D eigenvalue weighted by Crippen LogP contribution is 2.59. The van der Waals surface area contributed by atoms with E-state index in [4.69, 9.17) is 9.05 Å². The fraction of sp³-hybridized carbons (Fsp3) is 0.333. The summed E-state index contributed by atoms with van der Waals surface area (Å²) in [7, 11) is -0.742. The topological polar surface area (TPSA) is 47.6 Å². The molecular weight excluding hydrogens is 328 g/mol. The van der Waals surface area contributed by atoms with Gasteiger partial charge in [0.1, 0.15) is 5.82 Å². The number of fused-ring (bicyclic) bond motifs is 1. The SMILES string of the molecule is COP(=O)(OC)C(Nc1ccc2c(c1)CCC2)c1ccc(F)cc1. The van der Waals surface area contributed by atoms with Gasteiger partial charge in [0, 0.05) is 19.9 Å². The van der Waals surface area contributed by atoms with E-state index in [2.05, 4.69) is 17.4 Å². The van der Waals surface area contributed by atoms with Gasteiger partial charge in [0.05, 0.1) is 0 Å². The third-order valence-electron chi connectivity index (χ3n) is 4.41. The fourth-order valence-electron chi connectivity index (χ4n) is 3.09. The van der Waals surface area contributed by atoms with Gasteiger partial charge in [0.2, 0.25) is 0 Å². The van der Waals surface area contributed by atoms with Crippen molar-refractivity contribution in [3.63, 3.8) is 0 Å². The van der Waals surface area contributed by atoms with Gasteiger partial charge in [-0.3, -0.25) is 4.57 Å². The standard InChI is InChI=1S/C18H21FNO3P/c1-22-24(21,23-2)18(14-6-9-16(19)10-7-14)20-17-11-8-13-4-3-5-15(13)12-17/h6-12,18,20H,3-5H2,1-2H3. The molecule has 2 aromatic carbocycles. The minimum atomic E-state index is -3.45. The van der Waals surface area contributed by atoms with Crippen molar-refractivity contribution < 1.29 is 18.0 Å². The Morgan fingerprint density at radius 2 is 1.71 bits per heavy atom. The van der Waals surface area contributed by atoms with Gasteiger partial charge in [0.25, 0.3) is 0 Å². The highest BCUT2D eigenvalue weighted by Gasteiger charge is 2.35. The molecule has 24 heavy (non-hydrogen) atoms. The molecule has 0 aliphatic heterocycles. The van der Waals surface area contributed by atoms with Crippen LogP contribution in [0, 0.1) is 5.82 Å². The van der Waals surface area contributed by atoms with E-state index in [0.717, 1.165) is 24.9 Å². The first-order chi connectivity index (χ1) is 11.6. The summed E-state index contributed by atoms with van der Waals surface area (Å²) in [6.45, 7) is 0. The van der Waals surface area contributed by atoms with Crippen molar-refractivity contribution in [2.75, 3.05) is 19.5 Å². The Morgan fingerprint density at radius 1 is 1.04 bits per heavy atom. The summed E-state index contributed by atoms with van der Waals surface area (Å²) in [5, 5.41) is 3.25. The van der Waals surface area contributed by atoms with Gasteiger partial charge in [-0.15, -0.1) is 0 Å². The molecule has 0 saturated carbocycles. The summed E-state index contributed by atoms with van der Waals surface area (Å²) in [6, 6.07) is 12.0. The van der Waals surface area contributed by atoms with Crippen LogP contribution in [0.2, 0.25) is 0 Å². The van der Waals surface area contributed by atoms with E-state index in [1.54, 1.807) is 12.1 Å². The maximum Gasteiger partial charge on any atom is 0.356 e. The minimum Gasteiger partial charge on any atom is -0.368 e. The lowest BCUT2D eigenvalue weighted by Crippen LogP contribution is -2.14. The second-order valence-electron chi connectivity index (χ2n) is 5.84. The van der Waals surface area contributed by atoms with Crippen molar-refractivity contribution in [2.45, 2.75) is 25.0 Å². The predicted molar refractivity (Wildman–Crippen MR) is 92.9 cm³/mol. The Kier molecular flexibility index (Phi) is 5.04. The second-order valence-corrected chi connectivity index (χ2v) is 8.17. The third kappa shape index (κ3) is 3.39. The lowest BCUT2D eigenvalue weighted by molar-refractivity contribution is 0.268. The molecule has 0 amide bonds. The van der Waals surface area contributed by atoms with Crippen molar-refractivity contribution in [3.05, 3.63) is 65.0 Å². The number of hydrogen-bond acceptors (Lipinski definition) is 4. The zero-order valence-corrected chi connectivity index (χ0v) is 14.7. The molecule has 128 valence electrons. The molecule has 0 radical (unpaired) electrons. The second kappa shape index (κ2) is 7.06. The highest BCUT2D eigenvalue weighted by molar-refractivity contribution is 7.54. The average molecular weight is 349 g/mol. The summed E-state index contributed by atoms with van der Waals surface area (Å²) in [5.41, 5.74) is 4.16. The van der Waals surface area contributed by atoms with Crippen LogP contribution in [-0.4, -0.2) is 14.2 Å². The van der Waals surface area contributed by atoms with Gasteiger partial charge in [-0.1, -0.05) is 18.2 Å². The first kappa shape index (κ1) is 17.2. The van der Waals surface area contributed by atoms with Crippen molar-refractivity contribution in [1.29, 1.82) is 0 Å². The van der Waals surface area contributed by atoms with Crippen molar-refractivity contribution in [3.8, 4) is 0 Å². The van der Waals surface area contributed by atoms with E-state index in [1.807, 2.05) is 6.07 Å². The fourth-order valence-corrected chi connectivity index (χ4v) is 4.51. The van der Waals surface area contributed by atoms with Crippen LogP contribution in [0.4, 0.5) is 10.1 Å². The zero-order chi connectivity index (χ0) is 17.2. The Balaban J connectivity index is 1.95. The molecule has 4 nitrogen and oxygen atoms in total. The van der Waals surface area contributed by atoms with Crippen LogP contribution < -0.4 is 5.32 Å². The lowest BCUT2D eigenvalue weighted by atomic mass is 10.1. The Labute approximate surface area is 141 Å². The smallest absolute Gasteiger partial charge is 0.356 e. The molecule has 1 aliphatic rings. The van der Waals surface area contributed by atoms with E-state index >= 15 is 0 Å². The number of halogens is 1. The summed E-state index contributed by atoms with van der Waals surface area (Å²) in [4.78, 5) is 0. The van der Waals surface area contributed by atoms with Crippen LogP contribution in [0.5, 0.6) is 0 Å². The zero-order valence-electron chi connectivity index (χ0n) is 13.8. The van der Waals surface area contributed by atoms with Crippen molar-refractivity contribution >= 4 is 13.3 Å². The maximum atomic E-state index is 13.2. The van der Waals surface area contributed by atoms with Crippen LogP contribution in [0.3, 0.4) is 0 Å². The molecule has 1 aliphatic carbocycles. The molecular formula is C18H21FNO3P. The monoisotopic (exact) mass is 349 g/mol. The number of benzene rings is 2. The van der Waals surface area contributed by atoms with E-state index in [0.29, 0.717) is 5.56 Å². The molecule has 6 heteroatoms. The molecule has 0 saturated heterocycles. The van der Waals surface area contributed by atoms with Gasteiger partial charge in [-0.05, 0) is 60.2 Å². The number of hydrogen-bond donors (Lipinski definition) is 1. The van der Waals surface area contributed by atoms with Crippen LogP contribution in [0.15, 0.2) is 42.5 Å². The van der Waals surface area contributed by atoms with E-state index in [-0.39, 0.29) is 5.82 Å². The highest BCUT2D eigenvalue weighted by atomic mass is 31.2. The average Bonchev–Trinajstić information content (AvgIpc) is 3.07. The largest absolute Gasteiger partial charge is 0.368 e. The van der Waals surface area contributed by atoms with Gasteiger partial charge < -0.3 is 14.4 Å².